The van der Waals surface area contributed by atoms with E-state index in [4.69, 9.17) is 62.4 Å². The Balaban J connectivity index is 2.82. The molecule has 0 aliphatic heterocycles. The van der Waals surface area contributed by atoms with E-state index in [1.54, 1.807) is 0 Å². The first-order valence-corrected chi connectivity index (χ1v) is 5.67. The van der Waals surface area contributed by atoms with Crippen LogP contribution in [0.25, 0.3) is 11.4 Å². The fourth-order valence-electron chi connectivity index (χ4n) is 1.53. The maximum atomic E-state index is 5.86. The summed E-state index contributed by atoms with van der Waals surface area (Å²) in [6.45, 7) is 0. The summed E-state index contributed by atoms with van der Waals surface area (Å²) in [5.41, 5.74) is 0.703. The zero-order chi connectivity index (χ0) is 14.3. The topological polar surface area (TPSA) is 38.7 Å². The van der Waals surface area contributed by atoms with E-state index in [9.17, 15) is 0 Å². The fourth-order valence-corrected chi connectivity index (χ4v) is 1.89. The van der Waals surface area contributed by atoms with Crippen molar-refractivity contribution in [1.82, 2.24) is 15.0 Å². The molecule has 2 aromatic rings. The van der Waals surface area contributed by atoms with Gasteiger partial charge in [0, 0.05) is 5.56 Å². The molecule has 0 amide bonds. The number of rotatable bonds is 1. The zero-order valence-corrected chi connectivity index (χ0v) is 11.0. The highest BCUT2D eigenvalue weighted by Crippen LogP contribution is 2.13. The molecule has 0 atom stereocenters. The van der Waals surface area contributed by atoms with Crippen LogP contribution in [-0.2, 0) is 0 Å². The Kier molecular flexibility index (Phi) is 4.02. The highest BCUT2D eigenvalue weighted by Gasteiger charge is 2.15. The van der Waals surface area contributed by atoms with Crippen LogP contribution in [0, 0.1) is 0 Å². The van der Waals surface area contributed by atoms with Crippen molar-refractivity contribution >= 4 is 89.7 Å². The molecule has 0 unspecified atom stereocenters. The molecule has 0 fully saturated rings. The van der Waals surface area contributed by atoms with Crippen LogP contribution in [0.1, 0.15) is 0 Å². The SMILES string of the molecule is [B]c1c([B])c([B])c(-c2nc(Cl)nc(Cl)n2)c([B])c1[B]. The van der Waals surface area contributed by atoms with Gasteiger partial charge in [0.15, 0.2) is 5.82 Å². The molecule has 0 saturated carbocycles. The highest BCUT2D eigenvalue weighted by atomic mass is 35.5. The molecule has 0 aliphatic rings. The summed E-state index contributed by atoms with van der Waals surface area (Å²) in [5, 5.41) is -0.217. The van der Waals surface area contributed by atoms with E-state index in [1.807, 2.05) is 0 Å². The van der Waals surface area contributed by atoms with Crippen molar-refractivity contribution in [2.75, 3.05) is 0 Å². The van der Waals surface area contributed by atoms with Gasteiger partial charge in [0.05, 0.1) is 0 Å². The van der Waals surface area contributed by atoms with Gasteiger partial charge in [-0.25, -0.2) is 0 Å². The van der Waals surface area contributed by atoms with Crippen molar-refractivity contribution in [3.05, 3.63) is 10.6 Å². The van der Waals surface area contributed by atoms with Crippen molar-refractivity contribution < 1.29 is 0 Å². The predicted molar refractivity (Wildman–Crippen MR) is 82.2 cm³/mol. The lowest BCUT2D eigenvalue weighted by atomic mass is 9.60. The van der Waals surface area contributed by atoms with Gasteiger partial charge < -0.3 is 0 Å². The lowest BCUT2D eigenvalue weighted by molar-refractivity contribution is 1.06. The van der Waals surface area contributed by atoms with E-state index < -0.39 is 0 Å². The van der Waals surface area contributed by atoms with Crippen molar-refractivity contribution in [3.8, 4) is 11.4 Å². The summed E-state index contributed by atoms with van der Waals surface area (Å²) in [5.74, 6) is 0.0680. The molecule has 0 N–H and O–H groups in total. The zero-order valence-electron chi connectivity index (χ0n) is 9.48. The summed E-state index contributed by atoms with van der Waals surface area (Å²) in [7, 11) is 28.9. The maximum absolute atomic E-state index is 5.86. The molecule has 10 heteroatoms. The standard InChI is InChI=1S/C9B5Cl2N3/c10-2-1(3(11)5(13)6(14)4(2)12)7-17-8(15)19-9(16)18-7. The van der Waals surface area contributed by atoms with E-state index in [2.05, 4.69) is 15.0 Å². The van der Waals surface area contributed by atoms with Gasteiger partial charge in [-0.1, -0.05) is 10.9 Å². The smallest absolute Gasteiger partial charge is 0.198 e. The molecule has 1 heterocycles. The number of aromatic nitrogens is 3. The average Bonchev–Trinajstić information content (AvgIpc) is 2.33. The van der Waals surface area contributed by atoms with Gasteiger partial charge in [-0.3, -0.25) is 0 Å². The molecule has 10 radical (unpaired) electrons. The molecular weight excluding hydrogens is 275 g/mol. The molecule has 0 spiro atoms. The van der Waals surface area contributed by atoms with Gasteiger partial charge in [-0.05, 0) is 23.2 Å². The van der Waals surface area contributed by atoms with Gasteiger partial charge >= 0.3 is 0 Å². The third kappa shape index (κ3) is 2.56. The van der Waals surface area contributed by atoms with Crippen LogP contribution in [0.15, 0.2) is 0 Å². The summed E-state index contributed by atoms with van der Waals surface area (Å²) in [4.78, 5) is 11.4. The Hall–Kier alpha value is -0.865. The molecule has 0 saturated heterocycles. The van der Waals surface area contributed by atoms with Crippen LogP contribution in [0.3, 0.4) is 0 Å². The van der Waals surface area contributed by atoms with Crippen LogP contribution < -0.4 is 27.3 Å². The summed E-state index contributed by atoms with van der Waals surface area (Å²) in [6, 6.07) is 0. The third-order valence-corrected chi connectivity index (χ3v) is 2.84. The molecular formula is C9B5Cl2N3. The Labute approximate surface area is 127 Å². The van der Waals surface area contributed by atoms with Gasteiger partial charge in [-0.2, -0.15) is 15.0 Å². The average molecular weight is 275 g/mol. The largest absolute Gasteiger partial charge is 0.227 e. The quantitative estimate of drug-likeness (QED) is 0.515. The van der Waals surface area contributed by atoms with Crippen LogP contribution in [0.5, 0.6) is 0 Å². The summed E-state index contributed by atoms with van der Waals surface area (Å²) < 4.78 is 0. The van der Waals surface area contributed by atoms with Crippen molar-refractivity contribution in [3.63, 3.8) is 0 Å². The van der Waals surface area contributed by atoms with E-state index in [1.165, 1.54) is 0 Å². The minimum atomic E-state index is -0.109. The van der Waals surface area contributed by atoms with Crippen LogP contribution >= 0.6 is 23.2 Å². The van der Waals surface area contributed by atoms with Crippen LogP contribution in [-0.4, -0.2) is 54.2 Å². The van der Waals surface area contributed by atoms with Crippen LogP contribution in [0.4, 0.5) is 0 Å². The van der Waals surface area contributed by atoms with E-state index in [0.717, 1.165) is 0 Å². The number of halogens is 2. The van der Waals surface area contributed by atoms with Gasteiger partial charge in [0.1, 0.15) is 39.2 Å². The van der Waals surface area contributed by atoms with E-state index in [-0.39, 0.29) is 49.3 Å². The second kappa shape index (κ2) is 5.26. The fraction of sp³-hybridized carbons (Fsp3) is 0. The van der Waals surface area contributed by atoms with Crippen LogP contribution in [0.2, 0.25) is 10.6 Å². The molecule has 80 valence electrons. The Morgan fingerprint density at radius 2 is 0.947 bits per heavy atom. The number of hydrogen-bond acceptors (Lipinski definition) is 3. The van der Waals surface area contributed by atoms with Crippen molar-refractivity contribution in [2.24, 2.45) is 0 Å². The van der Waals surface area contributed by atoms with E-state index >= 15 is 0 Å². The van der Waals surface area contributed by atoms with Gasteiger partial charge in [-0.15, -0.1) is 16.4 Å². The minimum Gasteiger partial charge on any atom is -0.198 e. The molecule has 3 nitrogen and oxygen atoms in total. The first-order chi connectivity index (χ1) is 8.82. The molecule has 0 bridgehead atoms. The Morgan fingerprint density at radius 3 is 1.37 bits per heavy atom. The summed E-state index contributed by atoms with van der Waals surface area (Å²) >= 11 is 11.4. The van der Waals surface area contributed by atoms with E-state index in [0.29, 0.717) is 0 Å². The number of hydrogen-bond donors (Lipinski definition) is 0. The third-order valence-electron chi connectivity index (χ3n) is 2.50. The van der Waals surface area contributed by atoms with Crippen molar-refractivity contribution in [1.29, 1.82) is 0 Å². The molecule has 1 aromatic heterocycles. The highest BCUT2D eigenvalue weighted by molar-refractivity contribution is 6.68. The number of nitrogens with zero attached hydrogens (tertiary/aromatic N) is 3. The number of benzene rings is 1. The molecule has 19 heavy (non-hydrogen) atoms. The predicted octanol–water partition coefficient (Wildman–Crippen LogP) is -3.19. The molecule has 0 aliphatic carbocycles. The second-order valence-electron chi connectivity index (χ2n) is 3.64. The van der Waals surface area contributed by atoms with Crippen molar-refractivity contribution in [2.45, 2.75) is 0 Å². The summed E-state index contributed by atoms with van der Waals surface area (Å²) in [6.07, 6.45) is 0. The Morgan fingerprint density at radius 1 is 0.579 bits per heavy atom. The van der Waals surface area contributed by atoms with Gasteiger partial charge in [0.2, 0.25) is 10.6 Å². The Bertz CT molecular complexity index is 630. The monoisotopic (exact) mass is 275 g/mol. The molecule has 2 rings (SSSR count). The normalized spacial score (nSPS) is 10.6. The molecule has 1 aromatic carbocycles. The lowest BCUT2D eigenvalue weighted by Crippen LogP contribution is -2.55. The minimum absolute atomic E-state index is 0.0680. The first kappa shape index (κ1) is 14.5. The maximum Gasteiger partial charge on any atom is 0.227 e. The first-order valence-electron chi connectivity index (χ1n) is 4.91. The van der Waals surface area contributed by atoms with Gasteiger partial charge in [0.25, 0.3) is 0 Å². The second-order valence-corrected chi connectivity index (χ2v) is 4.32. The lowest BCUT2D eigenvalue weighted by Gasteiger charge is -2.19.